The molecule has 0 saturated carbocycles. The molecule has 6 nitrogen and oxygen atoms in total. The highest BCUT2D eigenvalue weighted by Crippen LogP contribution is 2.20. The van der Waals surface area contributed by atoms with Crippen LogP contribution in [0.5, 0.6) is 0 Å². The zero-order chi connectivity index (χ0) is 23.0. The Morgan fingerprint density at radius 3 is 2.67 bits per heavy atom. The second-order valence-corrected chi connectivity index (χ2v) is 8.48. The first-order chi connectivity index (χ1) is 16.0. The van der Waals surface area contributed by atoms with Gasteiger partial charge in [-0.15, -0.1) is 0 Å². The first-order valence-corrected chi connectivity index (χ1v) is 11.2. The van der Waals surface area contributed by atoms with Gasteiger partial charge in [0.25, 0.3) is 0 Å². The number of ether oxygens (including phenoxy) is 1. The molecule has 1 N–H and O–H groups in total. The van der Waals surface area contributed by atoms with E-state index in [1.807, 2.05) is 30.3 Å². The van der Waals surface area contributed by atoms with E-state index in [0.29, 0.717) is 43.4 Å². The van der Waals surface area contributed by atoms with Crippen molar-refractivity contribution in [2.45, 2.75) is 31.8 Å². The number of benzene rings is 2. The zero-order valence-electron chi connectivity index (χ0n) is 18.1. The Kier molecular flexibility index (Phi) is 8.12. The van der Waals surface area contributed by atoms with Crippen molar-refractivity contribution in [3.8, 4) is 0 Å². The van der Waals surface area contributed by atoms with Crippen LogP contribution in [0.1, 0.15) is 23.3 Å². The number of aliphatic hydroxyl groups is 1. The molecule has 33 heavy (non-hydrogen) atoms. The largest absolute Gasteiger partial charge is 0.467 e. The van der Waals surface area contributed by atoms with E-state index in [0.717, 1.165) is 16.8 Å². The Morgan fingerprint density at radius 2 is 1.94 bits per heavy atom. The summed E-state index contributed by atoms with van der Waals surface area (Å²) in [5.74, 6) is 0.424. The van der Waals surface area contributed by atoms with E-state index in [1.165, 1.54) is 12.1 Å². The van der Waals surface area contributed by atoms with Crippen LogP contribution in [0.3, 0.4) is 0 Å². The van der Waals surface area contributed by atoms with E-state index in [9.17, 15) is 9.50 Å². The van der Waals surface area contributed by atoms with Gasteiger partial charge in [0.1, 0.15) is 24.3 Å². The van der Waals surface area contributed by atoms with Gasteiger partial charge < -0.3 is 19.1 Å². The number of hydrogen-bond acceptors (Lipinski definition) is 6. The monoisotopic (exact) mass is 472 g/mol. The Morgan fingerprint density at radius 1 is 1.15 bits per heavy atom. The van der Waals surface area contributed by atoms with Gasteiger partial charge >= 0.3 is 0 Å². The van der Waals surface area contributed by atoms with Gasteiger partial charge in [-0.05, 0) is 47.5 Å². The van der Waals surface area contributed by atoms with Crippen molar-refractivity contribution in [3.05, 3.63) is 94.7 Å². The van der Waals surface area contributed by atoms with E-state index in [-0.39, 0.29) is 18.5 Å². The molecule has 2 atom stereocenters. The molecule has 0 unspecified atom stereocenters. The first-order valence-electron chi connectivity index (χ1n) is 10.8. The maximum absolute atomic E-state index is 13.3. The number of oxime groups is 1. The summed E-state index contributed by atoms with van der Waals surface area (Å²) in [6.07, 6.45) is 1.36. The smallest absolute Gasteiger partial charge is 0.145 e. The molecule has 0 aliphatic carbocycles. The van der Waals surface area contributed by atoms with Crippen LogP contribution >= 0.6 is 11.6 Å². The van der Waals surface area contributed by atoms with E-state index in [1.54, 1.807) is 24.5 Å². The Labute approximate surface area is 197 Å². The number of nitrogens with zero attached hydrogens (tertiary/aromatic N) is 2. The van der Waals surface area contributed by atoms with Crippen LogP contribution in [0.15, 0.2) is 76.5 Å². The molecule has 2 heterocycles. The molecule has 0 saturated heterocycles. The molecule has 174 valence electrons. The molecule has 0 amide bonds. The highest BCUT2D eigenvalue weighted by atomic mass is 35.5. The number of rotatable bonds is 11. The van der Waals surface area contributed by atoms with E-state index in [2.05, 4.69) is 10.1 Å². The lowest BCUT2D eigenvalue weighted by Gasteiger charge is -2.27. The molecule has 1 aliphatic rings. The van der Waals surface area contributed by atoms with Crippen molar-refractivity contribution in [1.82, 2.24) is 4.90 Å². The minimum Gasteiger partial charge on any atom is -0.467 e. The van der Waals surface area contributed by atoms with Crippen LogP contribution in [0.25, 0.3) is 0 Å². The van der Waals surface area contributed by atoms with Crippen LogP contribution in [-0.2, 0) is 22.7 Å². The summed E-state index contributed by atoms with van der Waals surface area (Å²) in [6, 6.07) is 17.5. The highest BCUT2D eigenvalue weighted by Gasteiger charge is 2.26. The summed E-state index contributed by atoms with van der Waals surface area (Å²) in [5, 5.41) is 15.5. The third kappa shape index (κ3) is 7.14. The van der Waals surface area contributed by atoms with Crippen molar-refractivity contribution >= 4 is 17.3 Å². The van der Waals surface area contributed by atoms with Crippen LogP contribution in [0.2, 0.25) is 5.02 Å². The molecule has 1 aliphatic heterocycles. The Bertz CT molecular complexity index is 1030. The average Bonchev–Trinajstić information content (AvgIpc) is 3.48. The number of aliphatic hydroxyl groups excluding tert-OH is 1. The van der Waals surface area contributed by atoms with E-state index >= 15 is 0 Å². The molecular weight excluding hydrogens is 447 g/mol. The topological polar surface area (TPSA) is 67.4 Å². The van der Waals surface area contributed by atoms with Crippen LogP contribution in [0.4, 0.5) is 4.39 Å². The predicted molar refractivity (Wildman–Crippen MR) is 124 cm³/mol. The fourth-order valence-corrected chi connectivity index (χ4v) is 3.85. The van der Waals surface area contributed by atoms with Gasteiger partial charge in [-0.3, -0.25) is 4.90 Å². The molecule has 2 aromatic carbocycles. The van der Waals surface area contributed by atoms with Gasteiger partial charge in [0, 0.05) is 31.1 Å². The van der Waals surface area contributed by atoms with Crippen molar-refractivity contribution in [3.63, 3.8) is 0 Å². The van der Waals surface area contributed by atoms with Crippen molar-refractivity contribution < 1.29 is 23.5 Å². The van der Waals surface area contributed by atoms with Gasteiger partial charge in [0.15, 0.2) is 0 Å². The first kappa shape index (κ1) is 23.4. The van der Waals surface area contributed by atoms with Crippen molar-refractivity contribution in [1.29, 1.82) is 0 Å². The molecule has 3 aromatic rings. The lowest BCUT2D eigenvalue weighted by atomic mass is 10.0. The standard InChI is InChI=1S/C25H26ClFN2O4/c26-20-7-5-19(6-8-20)25-12-24(33-28-25)15-29(13-18-3-9-21(27)10-4-18)14-22(30)16-31-17-23-2-1-11-32-23/h1-11,22,24,30H,12-17H2/t22-,24+/m1/s1. The molecular formula is C25H26ClFN2O4. The molecule has 0 radical (unpaired) electrons. The molecule has 0 fully saturated rings. The highest BCUT2D eigenvalue weighted by molar-refractivity contribution is 6.30. The number of hydrogen-bond donors (Lipinski definition) is 1. The Hall–Kier alpha value is -2.71. The lowest BCUT2D eigenvalue weighted by molar-refractivity contribution is -0.00956. The second-order valence-electron chi connectivity index (χ2n) is 8.05. The number of furan rings is 1. The quantitative estimate of drug-likeness (QED) is 0.440. The third-order valence-corrected chi connectivity index (χ3v) is 5.55. The van der Waals surface area contributed by atoms with E-state index < -0.39 is 6.10 Å². The fraction of sp³-hybridized carbons (Fsp3) is 0.320. The molecule has 1 aromatic heterocycles. The normalized spacial score (nSPS) is 16.6. The van der Waals surface area contributed by atoms with Gasteiger partial charge in [-0.25, -0.2) is 4.39 Å². The van der Waals surface area contributed by atoms with Crippen molar-refractivity contribution in [2.24, 2.45) is 5.16 Å². The van der Waals surface area contributed by atoms with Crippen molar-refractivity contribution in [2.75, 3.05) is 19.7 Å². The summed E-state index contributed by atoms with van der Waals surface area (Å²) >= 11 is 5.98. The summed E-state index contributed by atoms with van der Waals surface area (Å²) in [4.78, 5) is 7.75. The van der Waals surface area contributed by atoms with E-state index in [4.69, 9.17) is 25.6 Å². The Balaban J connectivity index is 1.34. The maximum atomic E-state index is 13.3. The minimum atomic E-state index is -0.710. The molecule has 0 spiro atoms. The van der Waals surface area contributed by atoms with Gasteiger partial charge in [0.05, 0.1) is 24.7 Å². The summed E-state index contributed by atoms with van der Waals surface area (Å²) in [5.41, 5.74) is 2.77. The minimum absolute atomic E-state index is 0.160. The van der Waals surface area contributed by atoms with Crippen LogP contribution in [-0.4, -0.2) is 47.6 Å². The SMILES string of the molecule is O[C@@H](COCc1ccco1)CN(Cc1ccc(F)cc1)C[C@@H]1CC(c2ccc(Cl)cc2)=NO1. The predicted octanol–water partition coefficient (Wildman–Crippen LogP) is 4.65. The second kappa shape index (κ2) is 11.4. The third-order valence-electron chi connectivity index (χ3n) is 5.30. The zero-order valence-corrected chi connectivity index (χ0v) is 18.8. The van der Waals surface area contributed by atoms with Gasteiger partial charge in [-0.2, -0.15) is 0 Å². The van der Waals surface area contributed by atoms with Crippen LogP contribution < -0.4 is 0 Å². The maximum Gasteiger partial charge on any atom is 0.145 e. The number of halogens is 2. The van der Waals surface area contributed by atoms with Gasteiger partial charge in [-0.1, -0.05) is 41.0 Å². The molecule has 8 heteroatoms. The molecule has 0 bridgehead atoms. The van der Waals surface area contributed by atoms with Crippen LogP contribution in [0, 0.1) is 5.82 Å². The summed E-state index contributed by atoms with van der Waals surface area (Å²) in [7, 11) is 0. The summed E-state index contributed by atoms with van der Waals surface area (Å²) < 4.78 is 24.1. The average molecular weight is 473 g/mol. The molecule has 4 rings (SSSR count). The van der Waals surface area contributed by atoms with Gasteiger partial charge in [0.2, 0.25) is 0 Å². The lowest BCUT2D eigenvalue weighted by Crippen LogP contribution is -2.39. The summed E-state index contributed by atoms with van der Waals surface area (Å²) in [6.45, 7) is 1.91. The fourth-order valence-electron chi connectivity index (χ4n) is 3.72.